The fraction of sp³-hybridized carbons (Fsp3) is 0.708. The summed E-state index contributed by atoms with van der Waals surface area (Å²) in [5.74, 6) is 1.74. The van der Waals surface area contributed by atoms with Crippen LogP contribution in [-0.4, -0.2) is 12.7 Å². The van der Waals surface area contributed by atoms with Crippen molar-refractivity contribution < 1.29 is 9.13 Å². The molecule has 1 aromatic rings. The number of nitrogens with zero attached hydrogens (tertiary/aromatic N) is 1. The van der Waals surface area contributed by atoms with Gasteiger partial charge in [-0.15, -0.1) is 0 Å². The molecule has 0 aromatic heterocycles. The molecule has 0 amide bonds. The lowest BCUT2D eigenvalue weighted by molar-refractivity contribution is -0.00483. The standard InChI is InChI=1S/C24H34FNO/c1-2-3-4-18-5-7-19(8-6-18)17-27-23-13-11-20(12-14-23)21-9-10-22(16-26)24(25)15-21/h9-10,15,18-20,23H,2-8,11-14,17H2,1H3. The summed E-state index contributed by atoms with van der Waals surface area (Å²) in [5.41, 5.74) is 1.18. The first kappa shape index (κ1) is 20.3. The average molecular weight is 372 g/mol. The van der Waals surface area contributed by atoms with Crippen LogP contribution in [0.25, 0.3) is 0 Å². The van der Waals surface area contributed by atoms with Crippen LogP contribution in [0.5, 0.6) is 0 Å². The van der Waals surface area contributed by atoms with Crippen molar-refractivity contribution in [2.24, 2.45) is 11.8 Å². The Hall–Kier alpha value is -1.40. The highest BCUT2D eigenvalue weighted by molar-refractivity contribution is 5.34. The molecule has 0 bridgehead atoms. The van der Waals surface area contributed by atoms with Crippen LogP contribution in [0.1, 0.15) is 94.6 Å². The molecule has 0 heterocycles. The van der Waals surface area contributed by atoms with Crippen LogP contribution < -0.4 is 0 Å². The van der Waals surface area contributed by atoms with Gasteiger partial charge in [-0.25, -0.2) is 4.39 Å². The molecular weight excluding hydrogens is 337 g/mol. The summed E-state index contributed by atoms with van der Waals surface area (Å²) in [6.07, 6.45) is 14.2. The van der Waals surface area contributed by atoms with E-state index in [1.54, 1.807) is 12.1 Å². The number of hydrogen-bond acceptors (Lipinski definition) is 2. The Morgan fingerprint density at radius 3 is 2.37 bits per heavy atom. The third-order valence-electron chi connectivity index (χ3n) is 6.76. The highest BCUT2D eigenvalue weighted by Gasteiger charge is 2.26. The van der Waals surface area contributed by atoms with Crippen molar-refractivity contribution in [1.29, 1.82) is 5.26 Å². The maximum atomic E-state index is 13.9. The first-order chi connectivity index (χ1) is 13.2. The van der Waals surface area contributed by atoms with Crippen LogP contribution >= 0.6 is 0 Å². The fourth-order valence-corrected chi connectivity index (χ4v) is 4.89. The van der Waals surface area contributed by atoms with Crippen LogP contribution in [0.15, 0.2) is 18.2 Å². The molecular formula is C24H34FNO. The molecule has 0 radical (unpaired) electrons. The van der Waals surface area contributed by atoms with E-state index in [-0.39, 0.29) is 11.4 Å². The van der Waals surface area contributed by atoms with E-state index < -0.39 is 0 Å². The molecule has 2 aliphatic carbocycles. The monoisotopic (exact) mass is 371 g/mol. The second-order valence-electron chi connectivity index (χ2n) is 8.69. The Kier molecular flexibility index (Phi) is 7.70. The van der Waals surface area contributed by atoms with E-state index in [1.165, 1.54) is 44.9 Å². The summed E-state index contributed by atoms with van der Waals surface area (Å²) in [5, 5.41) is 8.87. The number of nitriles is 1. The minimum atomic E-state index is -0.386. The lowest BCUT2D eigenvalue weighted by Crippen LogP contribution is -2.25. The topological polar surface area (TPSA) is 33.0 Å². The van der Waals surface area contributed by atoms with Gasteiger partial charge in [0.25, 0.3) is 0 Å². The second kappa shape index (κ2) is 10.2. The number of benzene rings is 1. The molecule has 2 saturated carbocycles. The molecule has 148 valence electrons. The van der Waals surface area contributed by atoms with Gasteiger partial charge in [0, 0.05) is 6.61 Å². The van der Waals surface area contributed by atoms with Crippen molar-refractivity contribution in [2.45, 2.75) is 89.6 Å². The van der Waals surface area contributed by atoms with Crippen LogP contribution in [0.4, 0.5) is 4.39 Å². The second-order valence-corrected chi connectivity index (χ2v) is 8.69. The Bertz CT molecular complexity index is 622. The minimum Gasteiger partial charge on any atom is -0.378 e. The number of halogens is 1. The summed E-state index contributed by atoms with van der Waals surface area (Å²) >= 11 is 0. The van der Waals surface area contributed by atoms with Gasteiger partial charge in [-0.1, -0.05) is 45.1 Å². The van der Waals surface area contributed by atoms with Crippen molar-refractivity contribution in [3.05, 3.63) is 35.1 Å². The number of rotatable bonds is 7. The first-order valence-corrected chi connectivity index (χ1v) is 11.0. The Labute approximate surface area is 164 Å². The van der Waals surface area contributed by atoms with Gasteiger partial charge in [0.05, 0.1) is 11.7 Å². The molecule has 2 aliphatic rings. The van der Waals surface area contributed by atoms with E-state index >= 15 is 0 Å². The van der Waals surface area contributed by atoms with Crippen LogP contribution in [0.3, 0.4) is 0 Å². The quantitative estimate of drug-likeness (QED) is 0.532. The highest BCUT2D eigenvalue weighted by Crippen LogP contribution is 2.36. The normalized spacial score (nSPS) is 28.6. The summed E-state index contributed by atoms with van der Waals surface area (Å²) in [4.78, 5) is 0. The molecule has 0 saturated heterocycles. The van der Waals surface area contributed by atoms with E-state index in [4.69, 9.17) is 10.00 Å². The van der Waals surface area contributed by atoms with E-state index in [1.807, 2.05) is 12.1 Å². The number of unbranched alkanes of at least 4 members (excludes halogenated alkanes) is 1. The van der Waals surface area contributed by atoms with Crippen molar-refractivity contribution in [3.63, 3.8) is 0 Å². The van der Waals surface area contributed by atoms with Gasteiger partial charge >= 0.3 is 0 Å². The van der Waals surface area contributed by atoms with Gasteiger partial charge in [-0.2, -0.15) is 5.26 Å². The maximum absolute atomic E-state index is 13.9. The molecule has 2 fully saturated rings. The molecule has 0 atom stereocenters. The molecule has 27 heavy (non-hydrogen) atoms. The largest absolute Gasteiger partial charge is 0.378 e. The summed E-state index contributed by atoms with van der Waals surface area (Å²) < 4.78 is 20.1. The summed E-state index contributed by atoms with van der Waals surface area (Å²) in [6, 6.07) is 6.99. The molecule has 0 N–H and O–H groups in total. The number of ether oxygens (including phenoxy) is 1. The van der Waals surface area contributed by atoms with Gasteiger partial charge in [-0.05, 0) is 74.0 Å². The smallest absolute Gasteiger partial charge is 0.141 e. The Morgan fingerprint density at radius 1 is 1.04 bits per heavy atom. The van der Waals surface area contributed by atoms with Gasteiger partial charge in [0.1, 0.15) is 11.9 Å². The van der Waals surface area contributed by atoms with E-state index in [2.05, 4.69) is 6.92 Å². The molecule has 0 aliphatic heterocycles. The van der Waals surface area contributed by atoms with Crippen LogP contribution in [-0.2, 0) is 4.74 Å². The first-order valence-electron chi connectivity index (χ1n) is 11.0. The Morgan fingerprint density at radius 2 is 1.74 bits per heavy atom. The van der Waals surface area contributed by atoms with E-state index in [0.29, 0.717) is 12.0 Å². The zero-order chi connectivity index (χ0) is 19.1. The predicted octanol–water partition coefficient (Wildman–Crippen LogP) is 6.74. The maximum Gasteiger partial charge on any atom is 0.141 e. The van der Waals surface area contributed by atoms with E-state index in [9.17, 15) is 4.39 Å². The van der Waals surface area contributed by atoms with E-state index in [0.717, 1.165) is 49.7 Å². The molecule has 0 spiro atoms. The Balaban J connectivity index is 1.37. The fourth-order valence-electron chi connectivity index (χ4n) is 4.89. The van der Waals surface area contributed by atoms with Gasteiger partial charge in [-0.3, -0.25) is 0 Å². The van der Waals surface area contributed by atoms with Crippen molar-refractivity contribution >= 4 is 0 Å². The predicted molar refractivity (Wildman–Crippen MR) is 107 cm³/mol. The summed E-state index contributed by atoms with van der Waals surface area (Å²) in [6.45, 7) is 3.22. The molecule has 0 unspecified atom stereocenters. The van der Waals surface area contributed by atoms with Crippen LogP contribution in [0.2, 0.25) is 0 Å². The lowest BCUT2D eigenvalue weighted by Gasteiger charge is -2.32. The van der Waals surface area contributed by atoms with Gasteiger partial charge in [0.2, 0.25) is 0 Å². The zero-order valence-corrected chi connectivity index (χ0v) is 16.8. The third kappa shape index (κ3) is 5.79. The van der Waals surface area contributed by atoms with Crippen molar-refractivity contribution in [2.75, 3.05) is 6.61 Å². The SMILES string of the molecule is CCCCC1CCC(COC2CCC(c3ccc(C#N)c(F)c3)CC2)CC1. The molecule has 1 aromatic carbocycles. The summed E-state index contributed by atoms with van der Waals surface area (Å²) in [7, 11) is 0. The zero-order valence-electron chi connectivity index (χ0n) is 16.8. The van der Waals surface area contributed by atoms with Gasteiger partial charge < -0.3 is 4.74 Å². The van der Waals surface area contributed by atoms with Crippen molar-refractivity contribution in [1.82, 2.24) is 0 Å². The van der Waals surface area contributed by atoms with Crippen molar-refractivity contribution in [3.8, 4) is 6.07 Å². The molecule has 3 rings (SSSR count). The minimum absolute atomic E-state index is 0.139. The highest BCUT2D eigenvalue weighted by atomic mass is 19.1. The van der Waals surface area contributed by atoms with Crippen LogP contribution in [0, 0.1) is 29.0 Å². The molecule has 2 nitrogen and oxygen atoms in total. The third-order valence-corrected chi connectivity index (χ3v) is 6.76. The number of hydrogen-bond donors (Lipinski definition) is 0. The van der Waals surface area contributed by atoms with Gasteiger partial charge in [0.15, 0.2) is 0 Å². The molecule has 3 heteroatoms. The lowest BCUT2D eigenvalue weighted by atomic mass is 9.80. The average Bonchev–Trinajstić information content (AvgIpc) is 2.72.